The van der Waals surface area contributed by atoms with Gasteiger partial charge in [-0.3, -0.25) is 9.97 Å². The van der Waals surface area contributed by atoms with E-state index >= 15 is 0 Å². The molecule has 0 N–H and O–H groups in total. The minimum atomic E-state index is 0.328. The average Bonchev–Trinajstić information content (AvgIpc) is 3.55. The predicted octanol–water partition coefficient (Wildman–Crippen LogP) is 10.7. The van der Waals surface area contributed by atoms with E-state index < -0.39 is 0 Å². The first kappa shape index (κ1) is 28.8. The summed E-state index contributed by atoms with van der Waals surface area (Å²) in [7, 11) is 0. The highest BCUT2D eigenvalue weighted by Gasteiger charge is 2.17. The van der Waals surface area contributed by atoms with Crippen LogP contribution in [-0.2, 0) is 0 Å². The van der Waals surface area contributed by atoms with Gasteiger partial charge in [0.05, 0.1) is 11.0 Å². The molecule has 228 valence electrons. The maximum absolute atomic E-state index is 5.16. The molecule has 47 heavy (non-hydrogen) atoms. The zero-order chi connectivity index (χ0) is 32.1. The number of benzene rings is 4. The van der Waals surface area contributed by atoms with Crippen molar-refractivity contribution >= 4 is 27.5 Å². The highest BCUT2D eigenvalue weighted by molar-refractivity contribution is 6.10. The zero-order valence-electron chi connectivity index (χ0n) is 27.0. The summed E-state index contributed by atoms with van der Waals surface area (Å²) in [5.74, 6) is 1.36. The molecule has 4 aromatic carbocycles. The van der Waals surface area contributed by atoms with Crippen LogP contribution in [0.15, 0.2) is 128 Å². The van der Waals surface area contributed by atoms with Crippen LogP contribution in [0.5, 0.6) is 0 Å². The molecule has 0 saturated carbocycles. The van der Waals surface area contributed by atoms with Gasteiger partial charge in [-0.15, -0.1) is 5.10 Å². The van der Waals surface area contributed by atoms with Gasteiger partial charge in [0.2, 0.25) is 0 Å². The van der Waals surface area contributed by atoms with Crippen molar-refractivity contribution in [2.75, 3.05) is 0 Å². The molecule has 0 aliphatic carbocycles. The topological polar surface area (TPSA) is 56.0 Å². The van der Waals surface area contributed by atoms with Crippen molar-refractivity contribution in [3.8, 4) is 44.8 Å². The highest BCUT2D eigenvalue weighted by atomic mass is 15.3. The van der Waals surface area contributed by atoms with Gasteiger partial charge in [0.15, 0.2) is 11.5 Å². The maximum Gasteiger partial charge on any atom is 0.182 e. The average molecular weight is 610 g/mol. The Morgan fingerprint density at radius 2 is 1.09 bits per heavy atom. The van der Waals surface area contributed by atoms with Crippen molar-refractivity contribution in [2.24, 2.45) is 0 Å². The van der Waals surface area contributed by atoms with Gasteiger partial charge in [-0.2, -0.15) is 0 Å². The Balaban J connectivity index is 1.24. The number of aromatic nitrogens is 5. The predicted molar refractivity (Wildman–Crippen MR) is 194 cm³/mol. The van der Waals surface area contributed by atoms with Crippen molar-refractivity contribution < 1.29 is 0 Å². The minimum absolute atomic E-state index is 0.328. The quantitative estimate of drug-likeness (QED) is 0.176. The molecule has 4 aromatic heterocycles. The van der Waals surface area contributed by atoms with Gasteiger partial charge in [0, 0.05) is 45.0 Å². The van der Waals surface area contributed by atoms with Gasteiger partial charge in [-0.1, -0.05) is 125 Å². The van der Waals surface area contributed by atoms with E-state index in [-0.39, 0.29) is 0 Å². The first-order valence-corrected chi connectivity index (χ1v) is 16.3. The Kier molecular flexibility index (Phi) is 7.10. The Hall–Kier alpha value is -5.68. The van der Waals surface area contributed by atoms with Crippen molar-refractivity contribution in [3.05, 3.63) is 139 Å². The van der Waals surface area contributed by atoms with Crippen molar-refractivity contribution in [3.63, 3.8) is 0 Å². The van der Waals surface area contributed by atoms with E-state index in [0.717, 1.165) is 77.8 Å². The van der Waals surface area contributed by atoms with Crippen LogP contribution in [0.1, 0.15) is 50.9 Å². The van der Waals surface area contributed by atoms with E-state index in [1.165, 1.54) is 0 Å². The first-order valence-electron chi connectivity index (χ1n) is 16.3. The molecule has 8 aromatic rings. The van der Waals surface area contributed by atoms with Crippen molar-refractivity contribution in [1.82, 2.24) is 24.6 Å². The summed E-state index contributed by atoms with van der Waals surface area (Å²) in [6.45, 7) is 8.73. The summed E-state index contributed by atoms with van der Waals surface area (Å²) in [5, 5.41) is 7.19. The lowest BCUT2D eigenvalue weighted by molar-refractivity contribution is 0.826. The van der Waals surface area contributed by atoms with Crippen LogP contribution < -0.4 is 0 Å². The third kappa shape index (κ3) is 5.24. The monoisotopic (exact) mass is 609 g/mol. The Morgan fingerprint density at radius 3 is 1.77 bits per heavy atom. The van der Waals surface area contributed by atoms with Crippen molar-refractivity contribution in [1.29, 1.82) is 0 Å². The van der Waals surface area contributed by atoms with E-state index in [9.17, 15) is 0 Å². The molecule has 0 saturated heterocycles. The third-order valence-electron chi connectivity index (χ3n) is 8.94. The number of hydrogen-bond donors (Lipinski definition) is 0. The standard InChI is InChI=1S/C42H35N5/c1-26(2)37-21-19-32-23-35(34-20-22-38(27(3)4)44-40(34)39(32)43-37)30-15-17-31(18-16-30)41-45-42-36(29-13-9-6-10-14-29)24-33(25-47(42)46-41)28-11-7-5-8-12-28/h5-27H,1-4H3. The lowest BCUT2D eigenvalue weighted by Gasteiger charge is -2.14. The molecule has 0 bridgehead atoms. The van der Waals surface area contributed by atoms with Crippen LogP contribution in [0.3, 0.4) is 0 Å². The van der Waals surface area contributed by atoms with Gasteiger partial charge in [-0.05, 0) is 58.4 Å². The summed E-state index contributed by atoms with van der Waals surface area (Å²) in [5.41, 5.74) is 12.5. The second-order valence-electron chi connectivity index (χ2n) is 12.8. The van der Waals surface area contributed by atoms with Crippen LogP contribution in [-0.4, -0.2) is 24.6 Å². The van der Waals surface area contributed by atoms with Gasteiger partial charge in [-0.25, -0.2) is 9.50 Å². The van der Waals surface area contributed by atoms with E-state index in [1.807, 2.05) is 16.6 Å². The molecule has 0 amide bonds. The Labute approximate surface area is 274 Å². The van der Waals surface area contributed by atoms with Crippen molar-refractivity contribution in [2.45, 2.75) is 39.5 Å². The molecular formula is C42H35N5. The molecule has 0 fully saturated rings. The van der Waals surface area contributed by atoms with Gasteiger partial charge in [0.25, 0.3) is 0 Å². The molecule has 0 aliphatic heterocycles. The fourth-order valence-corrected chi connectivity index (χ4v) is 6.30. The summed E-state index contributed by atoms with van der Waals surface area (Å²) in [4.78, 5) is 15.3. The SMILES string of the molecule is CC(C)c1ccc2cc(-c3ccc(-c4nc5c(-c6ccccc6)cc(-c6ccccc6)cn5n4)cc3)c3ccc(C(C)C)nc3c2n1. The van der Waals surface area contributed by atoms with E-state index in [1.54, 1.807) is 0 Å². The normalized spacial score (nSPS) is 11.8. The summed E-state index contributed by atoms with van der Waals surface area (Å²) < 4.78 is 1.92. The van der Waals surface area contributed by atoms with Crippen LogP contribution >= 0.6 is 0 Å². The van der Waals surface area contributed by atoms with Crippen LogP contribution in [0.25, 0.3) is 72.2 Å². The van der Waals surface area contributed by atoms with Crippen LogP contribution in [0.2, 0.25) is 0 Å². The molecule has 0 aliphatic rings. The molecule has 0 spiro atoms. The molecule has 5 nitrogen and oxygen atoms in total. The third-order valence-corrected chi connectivity index (χ3v) is 8.94. The summed E-state index contributed by atoms with van der Waals surface area (Å²) in [6, 6.07) is 42.6. The van der Waals surface area contributed by atoms with E-state index in [2.05, 4.69) is 143 Å². The molecule has 8 rings (SSSR count). The fourth-order valence-electron chi connectivity index (χ4n) is 6.30. The molecule has 0 atom stereocenters. The molecule has 4 heterocycles. The number of pyridine rings is 3. The lowest BCUT2D eigenvalue weighted by Crippen LogP contribution is -1.98. The Bertz CT molecular complexity index is 2390. The van der Waals surface area contributed by atoms with Gasteiger partial charge >= 0.3 is 0 Å². The van der Waals surface area contributed by atoms with Crippen LogP contribution in [0.4, 0.5) is 0 Å². The molecule has 5 heteroatoms. The number of nitrogens with zero attached hydrogens (tertiary/aromatic N) is 5. The smallest absolute Gasteiger partial charge is 0.182 e. The maximum atomic E-state index is 5.16. The summed E-state index contributed by atoms with van der Waals surface area (Å²) in [6.07, 6.45) is 2.07. The second kappa shape index (κ2) is 11.6. The minimum Gasteiger partial charge on any atom is -0.250 e. The first-order chi connectivity index (χ1) is 22.9. The number of fused-ring (bicyclic) bond motifs is 4. The molecule has 0 unspecified atom stereocenters. The lowest BCUT2D eigenvalue weighted by atomic mass is 9.95. The Morgan fingerprint density at radius 1 is 0.489 bits per heavy atom. The van der Waals surface area contributed by atoms with Gasteiger partial charge < -0.3 is 0 Å². The van der Waals surface area contributed by atoms with E-state index in [0.29, 0.717) is 17.7 Å². The fraction of sp³-hybridized carbons (Fsp3) is 0.143. The highest BCUT2D eigenvalue weighted by Crippen LogP contribution is 2.36. The summed E-state index contributed by atoms with van der Waals surface area (Å²) >= 11 is 0. The molecule has 0 radical (unpaired) electrons. The van der Waals surface area contributed by atoms with Crippen LogP contribution in [0, 0.1) is 0 Å². The van der Waals surface area contributed by atoms with Gasteiger partial charge in [0.1, 0.15) is 0 Å². The zero-order valence-corrected chi connectivity index (χ0v) is 27.0. The van der Waals surface area contributed by atoms with E-state index in [4.69, 9.17) is 20.1 Å². The largest absolute Gasteiger partial charge is 0.250 e. The number of rotatable bonds is 6. The number of hydrogen-bond acceptors (Lipinski definition) is 4. The molecular weight excluding hydrogens is 574 g/mol. The second-order valence-corrected chi connectivity index (χ2v) is 12.8.